The molecule has 2 amide bonds. The predicted octanol–water partition coefficient (Wildman–Crippen LogP) is 4.49. The topological polar surface area (TPSA) is 75.7 Å². The fourth-order valence-corrected chi connectivity index (χ4v) is 3.80. The monoisotopic (exact) mass is 394 g/mol. The number of rotatable bonds is 4. The van der Waals surface area contributed by atoms with Gasteiger partial charge in [0.15, 0.2) is 0 Å². The van der Waals surface area contributed by atoms with Gasteiger partial charge in [-0.1, -0.05) is 30.3 Å². The number of alkyl carbamates (subject to hydrolysis) is 1. The van der Waals surface area contributed by atoms with Crippen LogP contribution >= 0.6 is 0 Å². The Labute approximate surface area is 170 Å². The van der Waals surface area contributed by atoms with Gasteiger partial charge in [0.1, 0.15) is 6.29 Å². The minimum Gasteiger partial charge on any atom is -0.447 e. The van der Waals surface area contributed by atoms with Gasteiger partial charge in [0.2, 0.25) is 5.91 Å². The Morgan fingerprint density at radius 1 is 1.14 bits per heavy atom. The third-order valence-electron chi connectivity index (χ3n) is 5.03. The number of amides is 2. The average molecular weight is 394 g/mol. The van der Waals surface area contributed by atoms with Crippen molar-refractivity contribution in [3.63, 3.8) is 0 Å². The standard InChI is InChI=1S/C23H26N2O4/c1-14(2)29-23(28)24-21-11-15(3)25(16(4)27)22-10-9-19(12-20(21)22)18-7-5-17(13-26)6-8-18/h5-10,12-15,21H,11H2,1-4H3,(H,24,28)/t15-,21+/m1/s1. The number of anilines is 1. The van der Waals surface area contributed by atoms with Gasteiger partial charge in [0.05, 0.1) is 12.1 Å². The molecule has 0 aliphatic carbocycles. The lowest BCUT2D eigenvalue weighted by atomic mass is 9.89. The van der Waals surface area contributed by atoms with Gasteiger partial charge in [-0.3, -0.25) is 9.59 Å². The van der Waals surface area contributed by atoms with Crippen LogP contribution in [0.15, 0.2) is 42.5 Å². The van der Waals surface area contributed by atoms with Gasteiger partial charge in [-0.2, -0.15) is 0 Å². The molecule has 2 aromatic rings. The van der Waals surface area contributed by atoms with Gasteiger partial charge >= 0.3 is 6.09 Å². The third-order valence-corrected chi connectivity index (χ3v) is 5.03. The molecular weight excluding hydrogens is 368 g/mol. The molecular formula is C23H26N2O4. The Bertz CT molecular complexity index is 921. The molecule has 1 heterocycles. The summed E-state index contributed by atoms with van der Waals surface area (Å²) < 4.78 is 5.25. The van der Waals surface area contributed by atoms with Crippen molar-refractivity contribution in [2.24, 2.45) is 0 Å². The highest BCUT2D eigenvalue weighted by Crippen LogP contribution is 2.39. The van der Waals surface area contributed by atoms with E-state index in [4.69, 9.17) is 4.74 Å². The number of benzene rings is 2. The smallest absolute Gasteiger partial charge is 0.407 e. The maximum Gasteiger partial charge on any atom is 0.407 e. The molecule has 0 unspecified atom stereocenters. The van der Waals surface area contributed by atoms with E-state index in [2.05, 4.69) is 5.32 Å². The van der Waals surface area contributed by atoms with Crippen molar-refractivity contribution in [3.05, 3.63) is 53.6 Å². The minimum absolute atomic E-state index is 0.0370. The van der Waals surface area contributed by atoms with E-state index < -0.39 is 6.09 Å². The predicted molar refractivity (Wildman–Crippen MR) is 112 cm³/mol. The molecule has 1 aliphatic heterocycles. The second-order valence-corrected chi connectivity index (χ2v) is 7.64. The number of nitrogens with one attached hydrogen (secondary N) is 1. The second kappa shape index (κ2) is 8.47. The van der Waals surface area contributed by atoms with Crippen LogP contribution in [0.2, 0.25) is 0 Å². The molecule has 0 spiro atoms. The van der Waals surface area contributed by atoms with Crippen LogP contribution in [0.5, 0.6) is 0 Å². The maximum atomic E-state index is 12.3. The Kier molecular flexibility index (Phi) is 6.01. The molecule has 3 rings (SSSR count). The summed E-state index contributed by atoms with van der Waals surface area (Å²) in [5.41, 5.74) is 4.17. The van der Waals surface area contributed by atoms with Gasteiger partial charge in [-0.15, -0.1) is 0 Å². The van der Waals surface area contributed by atoms with Crippen molar-refractivity contribution in [2.75, 3.05) is 4.90 Å². The largest absolute Gasteiger partial charge is 0.447 e. The SMILES string of the molecule is CC(=O)N1c2ccc(-c3ccc(C=O)cc3)cc2[C@@H](NC(=O)OC(C)C)C[C@H]1C. The van der Waals surface area contributed by atoms with Crippen LogP contribution in [0.1, 0.15) is 56.1 Å². The van der Waals surface area contributed by atoms with E-state index in [1.807, 2.05) is 37.3 Å². The van der Waals surface area contributed by atoms with Crippen molar-refractivity contribution < 1.29 is 19.1 Å². The van der Waals surface area contributed by atoms with Crippen LogP contribution in [-0.4, -0.2) is 30.4 Å². The molecule has 0 radical (unpaired) electrons. The first-order valence-corrected chi connectivity index (χ1v) is 9.76. The van der Waals surface area contributed by atoms with Crippen LogP contribution in [0.3, 0.4) is 0 Å². The minimum atomic E-state index is -0.472. The number of ether oxygens (including phenoxy) is 1. The molecule has 29 heavy (non-hydrogen) atoms. The van der Waals surface area contributed by atoms with Crippen LogP contribution in [0, 0.1) is 0 Å². The third kappa shape index (κ3) is 4.47. The number of carbonyl (C=O) groups is 3. The summed E-state index contributed by atoms with van der Waals surface area (Å²) in [6.45, 7) is 7.12. The van der Waals surface area contributed by atoms with E-state index in [9.17, 15) is 14.4 Å². The highest BCUT2D eigenvalue weighted by Gasteiger charge is 2.33. The quantitative estimate of drug-likeness (QED) is 0.776. The van der Waals surface area contributed by atoms with E-state index in [1.165, 1.54) is 0 Å². The molecule has 0 aromatic heterocycles. The molecule has 6 nitrogen and oxygen atoms in total. The van der Waals surface area contributed by atoms with E-state index in [0.717, 1.165) is 28.7 Å². The fourth-order valence-electron chi connectivity index (χ4n) is 3.80. The van der Waals surface area contributed by atoms with E-state index in [-0.39, 0.29) is 24.1 Å². The number of nitrogens with zero attached hydrogens (tertiary/aromatic N) is 1. The summed E-state index contributed by atoms with van der Waals surface area (Å²) in [6.07, 6.45) is 0.711. The summed E-state index contributed by atoms with van der Waals surface area (Å²) in [4.78, 5) is 37.2. The van der Waals surface area contributed by atoms with Gasteiger partial charge in [0, 0.05) is 24.2 Å². The van der Waals surface area contributed by atoms with E-state index >= 15 is 0 Å². The molecule has 2 aromatic carbocycles. The average Bonchev–Trinajstić information content (AvgIpc) is 2.67. The highest BCUT2D eigenvalue weighted by molar-refractivity contribution is 5.94. The summed E-state index contributed by atoms with van der Waals surface area (Å²) in [5, 5.41) is 2.95. The van der Waals surface area contributed by atoms with Crippen LogP contribution in [0.4, 0.5) is 10.5 Å². The zero-order chi connectivity index (χ0) is 21.1. The van der Waals surface area contributed by atoms with Gasteiger partial charge in [-0.25, -0.2) is 4.79 Å². The lowest BCUT2D eigenvalue weighted by Gasteiger charge is -2.39. The van der Waals surface area contributed by atoms with E-state index in [1.54, 1.807) is 37.8 Å². The molecule has 0 saturated carbocycles. The zero-order valence-electron chi connectivity index (χ0n) is 17.1. The van der Waals surface area contributed by atoms with Crippen molar-refractivity contribution in [1.82, 2.24) is 5.32 Å². The van der Waals surface area contributed by atoms with Crippen LogP contribution < -0.4 is 10.2 Å². The highest BCUT2D eigenvalue weighted by atomic mass is 16.6. The fraction of sp³-hybridized carbons (Fsp3) is 0.348. The maximum absolute atomic E-state index is 12.3. The summed E-state index contributed by atoms with van der Waals surface area (Å²) in [7, 11) is 0. The summed E-state index contributed by atoms with van der Waals surface area (Å²) >= 11 is 0. The molecule has 2 atom stereocenters. The van der Waals surface area contributed by atoms with Gasteiger partial charge in [0.25, 0.3) is 0 Å². The molecule has 152 valence electrons. The molecule has 1 N–H and O–H groups in total. The van der Waals surface area contributed by atoms with Crippen molar-refractivity contribution in [3.8, 4) is 11.1 Å². The Morgan fingerprint density at radius 2 is 1.79 bits per heavy atom. The summed E-state index contributed by atoms with van der Waals surface area (Å²) in [6, 6.07) is 12.8. The molecule has 0 fully saturated rings. The molecule has 6 heteroatoms. The lowest BCUT2D eigenvalue weighted by molar-refractivity contribution is -0.117. The first-order valence-electron chi connectivity index (χ1n) is 9.76. The molecule has 1 aliphatic rings. The second-order valence-electron chi connectivity index (χ2n) is 7.64. The van der Waals surface area contributed by atoms with Crippen LogP contribution in [0.25, 0.3) is 11.1 Å². The van der Waals surface area contributed by atoms with E-state index in [0.29, 0.717) is 12.0 Å². The number of aldehydes is 1. The van der Waals surface area contributed by atoms with Crippen molar-refractivity contribution in [1.29, 1.82) is 0 Å². The molecule has 0 saturated heterocycles. The van der Waals surface area contributed by atoms with Crippen molar-refractivity contribution in [2.45, 2.75) is 52.3 Å². The Morgan fingerprint density at radius 3 is 2.38 bits per heavy atom. The van der Waals surface area contributed by atoms with Crippen LogP contribution in [-0.2, 0) is 9.53 Å². The number of hydrogen-bond donors (Lipinski definition) is 1. The Hall–Kier alpha value is -3.15. The number of carbonyl (C=O) groups excluding carboxylic acids is 3. The first kappa shape index (κ1) is 20.6. The van der Waals surface area contributed by atoms with Crippen molar-refractivity contribution >= 4 is 24.0 Å². The number of hydrogen-bond acceptors (Lipinski definition) is 4. The number of fused-ring (bicyclic) bond motifs is 1. The normalized spacial score (nSPS) is 18.2. The lowest BCUT2D eigenvalue weighted by Crippen LogP contribution is -2.45. The first-order chi connectivity index (χ1) is 13.8. The zero-order valence-corrected chi connectivity index (χ0v) is 17.1. The van der Waals surface area contributed by atoms with Gasteiger partial charge < -0.3 is 15.0 Å². The van der Waals surface area contributed by atoms with Gasteiger partial charge in [-0.05, 0) is 56.0 Å². The Balaban J connectivity index is 2.01. The summed E-state index contributed by atoms with van der Waals surface area (Å²) in [5.74, 6) is -0.0370. The molecule has 0 bridgehead atoms.